The van der Waals surface area contributed by atoms with Gasteiger partial charge in [-0.15, -0.1) is 0 Å². The molecule has 0 saturated heterocycles. The summed E-state index contributed by atoms with van der Waals surface area (Å²) in [4.78, 5) is 40.1. The Morgan fingerprint density at radius 3 is 2.05 bits per heavy atom. The van der Waals surface area contributed by atoms with Crippen LogP contribution >= 0.6 is 0 Å². The monoisotopic (exact) mass is 523 g/mol. The molecule has 1 heterocycles. The molecule has 196 valence electrons. The third kappa shape index (κ3) is 5.42. The Morgan fingerprint density at radius 1 is 0.846 bits per heavy atom. The Labute approximate surface area is 224 Å². The highest BCUT2D eigenvalue weighted by molar-refractivity contribution is 6.02. The molecule has 0 spiro atoms. The number of amides is 1. The van der Waals surface area contributed by atoms with Crippen LogP contribution in [0.4, 0.5) is 11.4 Å². The standard InChI is InChI=1S/C30H25N3O6/c34-28(35)20-39-27-14-8-7-13-24(27)29-31(18-21-9-3-1-4-10-21)26-16-15-23(33(37)38)17-25(26)30(36)32(29)19-22-11-5-2-6-12-22/h1-17,29H,18-20H2,(H,34,35)/t29-/m0/s1. The van der Waals surface area contributed by atoms with Crippen LogP contribution in [-0.4, -0.2) is 33.4 Å². The molecule has 0 bridgehead atoms. The topological polar surface area (TPSA) is 113 Å². The number of ether oxygens (including phenoxy) is 1. The van der Waals surface area contributed by atoms with E-state index in [0.717, 1.165) is 11.1 Å². The third-order valence-electron chi connectivity index (χ3n) is 6.52. The maximum absolute atomic E-state index is 14.1. The van der Waals surface area contributed by atoms with Crippen molar-refractivity contribution in [3.63, 3.8) is 0 Å². The number of nitro groups is 1. The van der Waals surface area contributed by atoms with E-state index in [9.17, 15) is 24.8 Å². The lowest BCUT2D eigenvalue weighted by Crippen LogP contribution is -2.49. The summed E-state index contributed by atoms with van der Waals surface area (Å²) >= 11 is 0. The number of carboxylic acid groups (broad SMARTS) is 1. The normalized spacial score (nSPS) is 14.6. The highest BCUT2D eigenvalue weighted by atomic mass is 16.6. The van der Waals surface area contributed by atoms with Gasteiger partial charge in [-0.25, -0.2) is 4.79 Å². The summed E-state index contributed by atoms with van der Waals surface area (Å²) in [7, 11) is 0. The predicted octanol–water partition coefficient (Wildman–Crippen LogP) is 5.42. The summed E-state index contributed by atoms with van der Waals surface area (Å²) < 4.78 is 5.67. The molecule has 39 heavy (non-hydrogen) atoms. The fraction of sp³-hybridized carbons (Fsp3) is 0.133. The van der Waals surface area contributed by atoms with Crippen molar-refractivity contribution in [2.45, 2.75) is 19.3 Å². The molecule has 4 aromatic rings. The molecule has 0 fully saturated rings. The smallest absolute Gasteiger partial charge is 0.341 e. The van der Waals surface area contributed by atoms with E-state index < -0.39 is 23.7 Å². The number of nitrogens with zero attached hydrogens (tertiary/aromatic N) is 3. The number of carboxylic acids is 1. The summed E-state index contributed by atoms with van der Waals surface area (Å²) in [5.41, 5.74) is 3.01. The molecule has 9 nitrogen and oxygen atoms in total. The van der Waals surface area contributed by atoms with Crippen molar-refractivity contribution in [3.8, 4) is 5.75 Å². The molecule has 1 amide bonds. The lowest BCUT2D eigenvalue weighted by molar-refractivity contribution is -0.384. The first-order chi connectivity index (χ1) is 18.9. The second kappa shape index (κ2) is 11.1. The van der Waals surface area contributed by atoms with E-state index in [4.69, 9.17) is 4.74 Å². The van der Waals surface area contributed by atoms with E-state index in [1.54, 1.807) is 29.2 Å². The number of para-hydroxylation sites is 1. The van der Waals surface area contributed by atoms with Crippen LogP contribution in [-0.2, 0) is 17.9 Å². The van der Waals surface area contributed by atoms with Gasteiger partial charge in [0.1, 0.15) is 11.9 Å². The number of hydrogen-bond donors (Lipinski definition) is 1. The van der Waals surface area contributed by atoms with Crippen LogP contribution in [0.2, 0.25) is 0 Å². The molecule has 0 aromatic heterocycles. The lowest BCUT2D eigenvalue weighted by Gasteiger charge is -2.46. The molecule has 1 aliphatic rings. The van der Waals surface area contributed by atoms with Crippen molar-refractivity contribution < 1.29 is 24.4 Å². The Bertz CT molecular complexity index is 1510. The highest BCUT2D eigenvalue weighted by Gasteiger charge is 2.40. The van der Waals surface area contributed by atoms with Gasteiger partial charge in [0.25, 0.3) is 11.6 Å². The number of benzene rings is 4. The number of carbonyl (C=O) groups is 2. The molecule has 0 unspecified atom stereocenters. The highest BCUT2D eigenvalue weighted by Crippen LogP contribution is 2.44. The fourth-order valence-corrected chi connectivity index (χ4v) is 4.82. The molecule has 5 rings (SSSR count). The molecule has 0 radical (unpaired) electrons. The first kappa shape index (κ1) is 25.5. The maximum atomic E-state index is 14.1. The quantitative estimate of drug-likeness (QED) is 0.230. The number of fused-ring (bicyclic) bond motifs is 1. The van der Waals surface area contributed by atoms with Crippen LogP contribution in [0.5, 0.6) is 5.75 Å². The van der Waals surface area contributed by atoms with Crippen molar-refractivity contribution in [1.29, 1.82) is 0 Å². The number of non-ortho nitro benzene ring substituents is 1. The Kier molecular flexibility index (Phi) is 7.22. The van der Waals surface area contributed by atoms with Gasteiger partial charge in [0, 0.05) is 30.8 Å². The summed E-state index contributed by atoms with van der Waals surface area (Å²) in [6.45, 7) is 0.0466. The first-order valence-corrected chi connectivity index (χ1v) is 12.3. The summed E-state index contributed by atoms with van der Waals surface area (Å²) in [5.74, 6) is -1.16. The van der Waals surface area contributed by atoms with E-state index >= 15 is 0 Å². The zero-order valence-electron chi connectivity index (χ0n) is 20.8. The van der Waals surface area contributed by atoms with Gasteiger partial charge in [0.2, 0.25) is 0 Å². The van der Waals surface area contributed by atoms with Gasteiger partial charge in [0.15, 0.2) is 6.61 Å². The van der Waals surface area contributed by atoms with Gasteiger partial charge < -0.3 is 19.6 Å². The number of rotatable bonds is 9. The number of anilines is 1. The van der Waals surface area contributed by atoms with Gasteiger partial charge >= 0.3 is 5.97 Å². The second-order valence-electron chi connectivity index (χ2n) is 9.08. The van der Waals surface area contributed by atoms with Gasteiger partial charge in [-0.2, -0.15) is 0 Å². The van der Waals surface area contributed by atoms with Crippen LogP contribution in [0.3, 0.4) is 0 Å². The average molecular weight is 524 g/mol. The van der Waals surface area contributed by atoms with E-state index in [0.29, 0.717) is 23.5 Å². The van der Waals surface area contributed by atoms with E-state index in [1.165, 1.54) is 12.1 Å². The fourth-order valence-electron chi connectivity index (χ4n) is 4.82. The van der Waals surface area contributed by atoms with E-state index in [-0.39, 0.29) is 23.7 Å². The van der Waals surface area contributed by atoms with Crippen molar-refractivity contribution in [1.82, 2.24) is 4.90 Å². The second-order valence-corrected chi connectivity index (χ2v) is 9.08. The van der Waals surface area contributed by atoms with Crippen molar-refractivity contribution in [2.75, 3.05) is 11.5 Å². The Morgan fingerprint density at radius 2 is 1.44 bits per heavy atom. The number of carbonyl (C=O) groups excluding carboxylic acids is 1. The molecule has 9 heteroatoms. The van der Waals surface area contributed by atoms with Gasteiger partial charge in [-0.3, -0.25) is 14.9 Å². The Balaban J connectivity index is 1.71. The maximum Gasteiger partial charge on any atom is 0.341 e. The predicted molar refractivity (Wildman–Crippen MR) is 144 cm³/mol. The molecule has 0 aliphatic carbocycles. The van der Waals surface area contributed by atoms with Crippen LogP contribution in [0.15, 0.2) is 103 Å². The molecule has 1 N–H and O–H groups in total. The third-order valence-corrected chi connectivity index (χ3v) is 6.52. The van der Waals surface area contributed by atoms with Gasteiger partial charge in [-0.1, -0.05) is 78.9 Å². The van der Waals surface area contributed by atoms with Crippen LogP contribution in [0.1, 0.15) is 33.2 Å². The number of nitro benzene ring substituents is 1. The van der Waals surface area contributed by atoms with Crippen LogP contribution in [0.25, 0.3) is 0 Å². The summed E-state index contributed by atoms with van der Waals surface area (Å²) in [6.07, 6.45) is -0.697. The van der Waals surface area contributed by atoms with E-state index in [1.807, 2.05) is 71.6 Å². The van der Waals surface area contributed by atoms with Gasteiger partial charge in [0.05, 0.1) is 16.2 Å². The van der Waals surface area contributed by atoms with Crippen LogP contribution in [0, 0.1) is 10.1 Å². The van der Waals surface area contributed by atoms with Crippen LogP contribution < -0.4 is 9.64 Å². The summed E-state index contributed by atoms with van der Waals surface area (Å²) in [5, 5.41) is 20.9. The van der Waals surface area contributed by atoms with Crippen molar-refractivity contribution >= 4 is 23.3 Å². The average Bonchev–Trinajstić information content (AvgIpc) is 2.95. The molecule has 0 saturated carbocycles. The molecule has 1 aliphatic heterocycles. The first-order valence-electron chi connectivity index (χ1n) is 12.3. The van der Waals surface area contributed by atoms with Crippen molar-refractivity contribution in [3.05, 3.63) is 135 Å². The number of hydrogen-bond acceptors (Lipinski definition) is 6. The lowest BCUT2D eigenvalue weighted by atomic mass is 9.98. The molecular formula is C30H25N3O6. The van der Waals surface area contributed by atoms with Gasteiger partial charge in [-0.05, 0) is 23.3 Å². The minimum absolute atomic E-state index is 0.176. The Hall–Kier alpha value is -5.18. The molecule has 4 aromatic carbocycles. The van der Waals surface area contributed by atoms with E-state index in [2.05, 4.69) is 0 Å². The largest absolute Gasteiger partial charge is 0.481 e. The SMILES string of the molecule is O=C(O)COc1ccccc1[C@@H]1N(Cc2ccccc2)C(=O)c2cc([N+](=O)[O-])ccc2N1Cc1ccccc1. The zero-order chi connectivity index (χ0) is 27.4. The minimum atomic E-state index is -1.12. The summed E-state index contributed by atoms with van der Waals surface area (Å²) in [6, 6.07) is 30.5. The number of aliphatic carboxylic acids is 1. The zero-order valence-corrected chi connectivity index (χ0v) is 20.8. The molecular weight excluding hydrogens is 498 g/mol. The van der Waals surface area contributed by atoms with Crippen molar-refractivity contribution in [2.24, 2.45) is 0 Å². The minimum Gasteiger partial charge on any atom is -0.481 e. The molecule has 1 atom stereocenters.